The Kier molecular flexibility index (Phi) is 3.74. The fraction of sp³-hybridized carbons (Fsp3) is 0.0625. The Morgan fingerprint density at radius 1 is 1.09 bits per heavy atom. The highest BCUT2D eigenvalue weighted by Crippen LogP contribution is 2.14. The molecule has 3 aromatic rings. The molecule has 1 heterocycles. The number of carbonyl (C=O) groups excluding carboxylic acids is 1. The molecule has 0 saturated carbocycles. The lowest BCUT2D eigenvalue weighted by molar-refractivity contribution is 0.0991. The maximum atomic E-state index is 13.6. The lowest BCUT2D eigenvalue weighted by Crippen LogP contribution is -2.06. The van der Waals surface area contributed by atoms with E-state index in [2.05, 4.69) is 10.1 Å². The molecule has 3 rings (SSSR count). The van der Waals surface area contributed by atoms with Gasteiger partial charge in [-0.2, -0.15) is 5.10 Å². The van der Waals surface area contributed by atoms with Crippen LogP contribution >= 0.6 is 0 Å². The van der Waals surface area contributed by atoms with Crippen molar-refractivity contribution in [1.82, 2.24) is 14.8 Å². The van der Waals surface area contributed by atoms with E-state index < -0.39 is 11.6 Å². The van der Waals surface area contributed by atoms with E-state index in [-0.39, 0.29) is 17.8 Å². The van der Waals surface area contributed by atoms with Gasteiger partial charge in [0.2, 0.25) is 0 Å². The molecule has 0 aliphatic heterocycles. The van der Waals surface area contributed by atoms with E-state index in [4.69, 9.17) is 0 Å². The summed E-state index contributed by atoms with van der Waals surface area (Å²) in [5.74, 6) is -1.62. The van der Waals surface area contributed by atoms with Crippen molar-refractivity contribution in [1.29, 1.82) is 0 Å². The van der Waals surface area contributed by atoms with Gasteiger partial charge in [0.25, 0.3) is 0 Å². The van der Waals surface area contributed by atoms with E-state index in [1.165, 1.54) is 12.4 Å². The second-order valence-electron chi connectivity index (χ2n) is 4.72. The number of aromatic nitrogens is 3. The summed E-state index contributed by atoms with van der Waals surface area (Å²) in [6, 6.07) is 9.93. The van der Waals surface area contributed by atoms with E-state index >= 15 is 0 Å². The average molecular weight is 299 g/mol. The Hall–Kier alpha value is -2.89. The molecular weight excluding hydrogens is 288 g/mol. The van der Waals surface area contributed by atoms with Gasteiger partial charge in [-0.3, -0.25) is 4.79 Å². The molecule has 22 heavy (non-hydrogen) atoms. The number of hydrogen-bond acceptors (Lipinski definition) is 3. The first-order valence-electron chi connectivity index (χ1n) is 6.55. The Morgan fingerprint density at radius 3 is 2.50 bits per heavy atom. The second kappa shape index (κ2) is 5.85. The molecule has 0 N–H and O–H groups in total. The van der Waals surface area contributed by atoms with Crippen molar-refractivity contribution in [2.24, 2.45) is 0 Å². The summed E-state index contributed by atoms with van der Waals surface area (Å²) in [7, 11) is 0. The summed E-state index contributed by atoms with van der Waals surface area (Å²) in [4.78, 5) is 16.0. The first kappa shape index (κ1) is 14.1. The third kappa shape index (κ3) is 2.90. The lowest BCUT2D eigenvalue weighted by atomic mass is 10.0. The number of rotatable bonds is 4. The van der Waals surface area contributed by atoms with Gasteiger partial charge in [-0.15, -0.1) is 0 Å². The van der Waals surface area contributed by atoms with Gasteiger partial charge >= 0.3 is 0 Å². The molecule has 4 nitrogen and oxygen atoms in total. The second-order valence-corrected chi connectivity index (χ2v) is 4.72. The van der Waals surface area contributed by atoms with Crippen LogP contribution in [0, 0.1) is 11.6 Å². The van der Waals surface area contributed by atoms with Crippen LogP contribution in [0.2, 0.25) is 0 Å². The number of nitrogens with zero attached hydrogens (tertiary/aromatic N) is 3. The number of Topliss-reactive ketones (excluding diaryl/α,β-unsaturated/α-hetero) is 1. The summed E-state index contributed by atoms with van der Waals surface area (Å²) >= 11 is 0. The molecule has 0 spiro atoms. The lowest BCUT2D eigenvalue weighted by Gasteiger charge is -2.05. The maximum absolute atomic E-state index is 13.6. The zero-order chi connectivity index (χ0) is 15.5. The topological polar surface area (TPSA) is 47.8 Å². The van der Waals surface area contributed by atoms with Crippen LogP contribution in [0.3, 0.4) is 0 Å². The summed E-state index contributed by atoms with van der Waals surface area (Å²) < 4.78 is 28.0. The SMILES string of the molecule is O=C(Cc1ccc(F)cc1F)c1ccc(-n2cncn2)cc1. The zero-order valence-electron chi connectivity index (χ0n) is 11.4. The fourth-order valence-corrected chi connectivity index (χ4v) is 2.08. The van der Waals surface area contributed by atoms with Gasteiger partial charge in [0, 0.05) is 18.1 Å². The van der Waals surface area contributed by atoms with Crippen molar-refractivity contribution >= 4 is 5.78 Å². The predicted molar refractivity (Wildman–Crippen MR) is 75.8 cm³/mol. The van der Waals surface area contributed by atoms with Crippen LogP contribution in [0.1, 0.15) is 15.9 Å². The van der Waals surface area contributed by atoms with Crippen molar-refractivity contribution in [3.8, 4) is 5.69 Å². The minimum atomic E-state index is -0.715. The van der Waals surface area contributed by atoms with Crippen molar-refractivity contribution in [2.45, 2.75) is 6.42 Å². The molecule has 0 unspecified atom stereocenters. The molecule has 0 radical (unpaired) electrons. The minimum Gasteiger partial charge on any atom is -0.294 e. The van der Waals surface area contributed by atoms with Gasteiger partial charge in [-0.1, -0.05) is 6.07 Å². The molecule has 1 aromatic heterocycles. The molecular formula is C16H11F2N3O. The van der Waals surface area contributed by atoms with Crippen LogP contribution < -0.4 is 0 Å². The molecule has 110 valence electrons. The highest BCUT2D eigenvalue weighted by atomic mass is 19.1. The Bertz CT molecular complexity index is 799. The molecule has 0 saturated heterocycles. The van der Waals surface area contributed by atoms with E-state index in [1.807, 2.05) is 0 Å². The first-order valence-corrected chi connectivity index (χ1v) is 6.55. The Labute approximate surface area is 125 Å². The highest BCUT2D eigenvalue weighted by Gasteiger charge is 2.11. The molecule has 0 amide bonds. The van der Waals surface area contributed by atoms with E-state index in [1.54, 1.807) is 35.3 Å². The number of ketones is 1. The summed E-state index contributed by atoms with van der Waals surface area (Å²) in [5, 5.41) is 3.98. The normalized spacial score (nSPS) is 10.6. The summed E-state index contributed by atoms with van der Waals surface area (Å²) in [5.41, 5.74) is 1.39. The van der Waals surface area contributed by atoms with Crippen LogP contribution in [0.15, 0.2) is 55.1 Å². The van der Waals surface area contributed by atoms with Crippen LogP contribution in [0.25, 0.3) is 5.69 Å². The third-order valence-corrected chi connectivity index (χ3v) is 3.24. The van der Waals surface area contributed by atoms with Gasteiger partial charge < -0.3 is 0 Å². The van der Waals surface area contributed by atoms with E-state index in [9.17, 15) is 13.6 Å². The monoisotopic (exact) mass is 299 g/mol. The van der Waals surface area contributed by atoms with Gasteiger partial charge in [0.05, 0.1) is 5.69 Å². The highest BCUT2D eigenvalue weighted by molar-refractivity contribution is 5.97. The standard InChI is InChI=1S/C16H11F2N3O/c17-13-4-1-12(15(18)8-13)7-16(22)11-2-5-14(6-3-11)21-10-19-9-20-21/h1-6,8-10H,7H2. The Balaban J connectivity index is 1.77. The van der Waals surface area contributed by atoms with Crippen molar-refractivity contribution < 1.29 is 13.6 Å². The van der Waals surface area contributed by atoms with E-state index in [0.717, 1.165) is 17.8 Å². The van der Waals surface area contributed by atoms with Crippen LogP contribution in [-0.2, 0) is 6.42 Å². The maximum Gasteiger partial charge on any atom is 0.167 e. The fourth-order valence-electron chi connectivity index (χ4n) is 2.08. The number of halogens is 2. The Morgan fingerprint density at radius 2 is 1.86 bits per heavy atom. The summed E-state index contributed by atoms with van der Waals surface area (Å²) in [6.45, 7) is 0. The van der Waals surface area contributed by atoms with Gasteiger partial charge in [-0.05, 0) is 35.9 Å². The molecule has 0 aliphatic rings. The molecule has 2 aromatic carbocycles. The largest absolute Gasteiger partial charge is 0.294 e. The van der Waals surface area contributed by atoms with Crippen molar-refractivity contribution in [3.05, 3.63) is 77.9 Å². The molecule has 0 aliphatic carbocycles. The van der Waals surface area contributed by atoms with Crippen LogP contribution in [-0.4, -0.2) is 20.5 Å². The number of hydrogen-bond donors (Lipinski definition) is 0. The summed E-state index contributed by atoms with van der Waals surface area (Å²) in [6.07, 6.45) is 2.84. The van der Waals surface area contributed by atoms with Crippen LogP contribution in [0.5, 0.6) is 0 Å². The first-order chi connectivity index (χ1) is 10.6. The smallest absolute Gasteiger partial charge is 0.167 e. The minimum absolute atomic E-state index is 0.116. The van der Waals surface area contributed by atoms with Gasteiger partial charge in [0.15, 0.2) is 5.78 Å². The van der Waals surface area contributed by atoms with Crippen molar-refractivity contribution in [3.63, 3.8) is 0 Å². The number of carbonyl (C=O) groups is 1. The molecule has 0 bridgehead atoms. The quantitative estimate of drug-likeness (QED) is 0.696. The van der Waals surface area contributed by atoms with Crippen LogP contribution in [0.4, 0.5) is 8.78 Å². The van der Waals surface area contributed by atoms with Crippen molar-refractivity contribution in [2.75, 3.05) is 0 Å². The molecule has 6 heteroatoms. The average Bonchev–Trinajstić information content (AvgIpc) is 3.04. The predicted octanol–water partition coefficient (Wildman–Crippen LogP) is 2.97. The molecule has 0 atom stereocenters. The van der Waals surface area contributed by atoms with E-state index in [0.29, 0.717) is 5.56 Å². The molecule has 0 fully saturated rings. The zero-order valence-corrected chi connectivity index (χ0v) is 11.4. The van der Waals surface area contributed by atoms with Gasteiger partial charge in [-0.25, -0.2) is 18.4 Å². The number of benzene rings is 2. The third-order valence-electron chi connectivity index (χ3n) is 3.24. The van der Waals surface area contributed by atoms with Gasteiger partial charge in [0.1, 0.15) is 24.3 Å².